The summed E-state index contributed by atoms with van der Waals surface area (Å²) in [4.78, 5) is 15.9. The van der Waals surface area contributed by atoms with Gasteiger partial charge in [-0.3, -0.25) is 10.00 Å². The third-order valence-corrected chi connectivity index (χ3v) is 6.89. The molecule has 2 unspecified atom stereocenters. The number of piperidine rings is 1. The van der Waals surface area contributed by atoms with Gasteiger partial charge in [0.25, 0.3) is 0 Å². The minimum absolute atomic E-state index is 0.165. The number of rotatable bonds is 6. The molecule has 2 N–H and O–H groups in total. The summed E-state index contributed by atoms with van der Waals surface area (Å²) in [6.45, 7) is 1.45. The van der Waals surface area contributed by atoms with Crippen LogP contribution < -0.4 is 5.32 Å². The Morgan fingerprint density at radius 3 is 2.65 bits per heavy atom. The molecule has 2 heterocycles. The molecule has 2 atom stereocenters. The number of esters is 1. The van der Waals surface area contributed by atoms with Crippen molar-refractivity contribution in [2.45, 2.75) is 24.4 Å². The van der Waals surface area contributed by atoms with E-state index >= 15 is 0 Å². The molecule has 0 saturated carbocycles. The van der Waals surface area contributed by atoms with Crippen LogP contribution in [0.1, 0.15) is 24.0 Å². The molecule has 5 rings (SSSR count). The molecule has 34 heavy (non-hydrogen) atoms. The van der Waals surface area contributed by atoms with Crippen LogP contribution in [-0.4, -0.2) is 47.3 Å². The predicted octanol–water partition coefficient (Wildman–Crippen LogP) is 5.21. The van der Waals surface area contributed by atoms with E-state index in [1.165, 1.54) is 7.11 Å². The topological polar surface area (TPSA) is 70.2 Å². The highest BCUT2D eigenvalue weighted by molar-refractivity contribution is 6.30. The van der Waals surface area contributed by atoms with E-state index in [4.69, 9.17) is 16.3 Å². The number of anilines is 1. The summed E-state index contributed by atoms with van der Waals surface area (Å²) in [6.07, 6.45) is 3.78. The first kappa shape index (κ1) is 22.4. The summed E-state index contributed by atoms with van der Waals surface area (Å²) in [6, 6.07) is 23.7. The number of aromatic amines is 1. The van der Waals surface area contributed by atoms with Gasteiger partial charge in [0.1, 0.15) is 0 Å². The molecule has 3 aromatic carbocycles. The standard InChI is InChI=1S/C27H27ClN4O2/c1-34-26(33)27(20-6-3-2-4-7-20,21-9-11-22(28)12-10-21)32-15-5-8-24(18-32)30-23-13-14-25-19(16-23)17-29-31-25/h2-4,6-7,9-14,16-17,24,30H,5,8,15,18H2,1H3,(H,29,31). The van der Waals surface area contributed by atoms with Crippen LogP contribution in [0.5, 0.6) is 0 Å². The van der Waals surface area contributed by atoms with Crippen molar-refractivity contribution < 1.29 is 9.53 Å². The first-order valence-electron chi connectivity index (χ1n) is 11.5. The number of hydrogen-bond donors (Lipinski definition) is 2. The van der Waals surface area contributed by atoms with Crippen LogP contribution in [0.3, 0.4) is 0 Å². The molecule has 1 aliphatic rings. The van der Waals surface area contributed by atoms with Crippen molar-refractivity contribution in [3.63, 3.8) is 0 Å². The van der Waals surface area contributed by atoms with Gasteiger partial charge < -0.3 is 10.1 Å². The minimum Gasteiger partial charge on any atom is -0.467 e. The zero-order valence-electron chi connectivity index (χ0n) is 19.0. The molecule has 1 saturated heterocycles. The van der Waals surface area contributed by atoms with Crippen LogP contribution in [0.2, 0.25) is 5.02 Å². The average molecular weight is 475 g/mol. The second-order valence-electron chi connectivity index (χ2n) is 8.68. The third-order valence-electron chi connectivity index (χ3n) is 6.64. The fourth-order valence-electron chi connectivity index (χ4n) is 5.08. The Balaban J connectivity index is 1.53. The van der Waals surface area contributed by atoms with Crippen LogP contribution in [-0.2, 0) is 15.1 Å². The van der Waals surface area contributed by atoms with E-state index in [2.05, 4.69) is 32.5 Å². The third kappa shape index (κ3) is 4.04. The number of nitrogens with one attached hydrogen (secondary N) is 2. The van der Waals surface area contributed by atoms with Crippen LogP contribution in [0.25, 0.3) is 10.9 Å². The SMILES string of the molecule is COC(=O)C(c1ccccc1)(c1ccc(Cl)cc1)N1CCCC(Nc2ccc3[nH]ncc3c2)C1. The van der Waals surface area contributed by atoms with Crippen molar-refractivity contribution in [1.82, 2.24) is 15.1 Å². The Bertz CT molecular complexity index is 1270. The van der Waals surface area contributed by atoms with Crippen molar-refractivity contribution in [2.24, 2.45) is 0 Å². The molecule has 0 bridgehead atoms. The van der Waals surface area contributed by atoms with E-state index in [-0.39, 0.29) is 12.0 Å². The second-order valence-corrected chi connectivity index (χ2v) is 9.11. The lowest BCUT2D eigenvalue weighted by Gasteiger charge is -2.46. The number of benzene rings is 3. The smallest absolute Gasteiger partial charge is 0.335 e. The van der Waals surface area contributed by atoms with E-state index < -0.39 is 5.54 Å². The van der Waals surface area contributed by atoms with Gasteiger partial charge in [-0.25, -0.2) is 4.79 Å². The lowest BCUT2D eigenvalue weighted by atomic mass is 9.79. The number of methoxy groups -OCH3 is 1. The fraction of sp³-hybridized carbons (Fsp3) is 0.259. The molecule has 1 fully saturated rings. The van der Waals surface area contributed by atoms with Crippen LogP contribution >= 0.6 is 11.6 Å². The van der Waals surface area contributed by atoms with Gasteiger partial charge in [0.2, 0.25) is 0 Å². The summed E-state index contributed by atoms with van der Waals surface area (Å²) < 4.78 is 5.46. The summed E-state index contributed by atoms with van der Waals surface area (Å²) in [7, 11) is 1.45. The summed E-state index contributed by atoms with van der Waals surface area (Å²) >= 11 is 6.21. The number of fused-ring (bicyclic) bond motifs is 1. The van der Waals surface area contributed by atoms with Gasteiger partial charge in [0.15, 0.2) is 5.54 Å². The molecular weight excluding hydrogens is 448 g/mol. The van der Waals surface area contributed by atoms with Gasteiger partial charge in [-0.15, -0.1) is 0 Å². The van der Waals surface area contributed by atoms with Gasteiger partial charge in [-0.1, -0.05) is 54.1 Å². The Kier molecular flexibility index (Phi) is 6.26. The van der Waals surface area contributed by atoms with E-state index in [1.54, 1.807) is 0 Å². The van der Waals surface area contributed by atoms with Crippen molar-refractivity contribution in [3.8, 4) is 0 Å². The predicted molar refractivity (Wildman–Crippen MR) is 135 cm³/mol. The Morgan fingerprint density at radius 2 is 1.88 bits per heavy atom. The Hall–Kier alpha value is -3.35. The Morgan fingerprint density at radius 1 is 1.12 bits per heavy atom. The van der Waals surface area contributed by atoms with Crippen molar-refractivity contribution in [1.29, 1.82) is 0 Å². The van der Waals surface area contributed by atoms with Gasteiger partial charge in [-0.2, -0.15) is 5.10 Å². The number of H-pyrrole nitrogens is 1. The highest BCUT2D eigenvalue weighted by Crippen LogP contribution is 2.40. The molecule has 174 valence electrons. The Labute approximate surface area is 203 Å². The van der Waals surface area contributed by atoms with Gasteiger partial charge >= 0.3 is 5.97 Å². The van der Waals surface area contributed by atoms with E-state index in [1.807, 2.05) is 66.9 Å². The maximum Gasteiger partial charge on any atom is 0.335 e. The van der Waals surface area contributed by atoms with Crippen molar-refractivity contribution in [3.05, 3.63) is 95.1 Å². The first-order chi connectivity index (χ1) is 16.6. The van der Waals surface area contributed by atoms with Crippen molar-refractivity contribution >= 4 is 34.2 Å². The number of likely N-dealkylation sites (tertiary alicyclic amines) is 1. The summed E-state index contributed by atoms with van der Waals surface area (Å²) in [5.74, 6) is -0.304. The normalized spacial score (nSPS) is 18.4. The maximum absolute atomic E-state index is 13.7. The highest BCUT2D eigenvalue weighted by Gasteiger charge is 2.49. The molecule has 0 amide bonds. The number of ether oxygens (including phenoxy) is 1. The molecule has 4 aromatic rings. The monoisotopic (exact) mass is 474 g/mol. The molecule has 6 nitrogen and oxygen atoms in total. The molecule has 0 radical (unpaired) electrons. The average Bonchev–Trinajstić information content (AvgIpc) is 3.34. The quantitative estimate of drug-likeness (QED) is 0.375. The summed E-state index contributed by atoms with van der Waals surface area (Å²) in [5, 5.41) is 12.5. The van der Waals surface area contributed by atoms with Crippen molar-refractivity contribution in [2.75, 3.05) is 25.5 Å². The minimum atomic E-state index is -1.07. The fourth-order valence-corrected chi connectivity index (χ4v) is 5.21. The molecular formula is C27H27ClN4O2. The molecule has 7 heteroatoms. The van der Waals surface area contributed by atoms with Gasteiger partial charge in [0.05, 0.1) is 18.8 Å². The van der Waals surface area contributed by atoms with Crippen LogP contribution in [0.4, 0.5) is 5.69 Å². The molecule has 1 aromatic heterocycles. The van der Waals surface area contributed by atoms with E-state index in [0.717, 1.165) is 47.1 Å². The zero-order valence-corrected chi connectivity index (χ0v) is 19.8. The number of halogens is 1. The van der Waals surface area contributed by atoms with E-state index in [9.17, 15) is 4.79 Å². The lowest BCUT2D eigenvalue weighted by molar-refractivity contribution is -0.154. The number of hydrogen-bond acceptors (Lipinski definition) is 5. The van der Waals surface area contributed by atoms with Gasteiger partial charge in [0, 0.05) is 35.2 Å². The summed E-state index contributed by atoms with van der Waals surface area (Å²) in [5.41, 5.74) is 2.69. The second kappa shape index (κ2) is 9.49. The van der Waals surface area contributed by atoms with Crippen LogP contribution in [0, 0.1) is 0 Å². The van der Waals surface area contributed by atoms with Gasteiger partial charge in [-0.05, 0) is 54.3 Å². The molecule has 1 aliphatic heterocycles. The lowest BCUT2D eigenvalue weighted by Crippen LogP contribution is -2.58. The molecule has 0 spiro atoms. The number of carbonyl (C=O) groups is 1. The first-order valence-corrected chi connectivity index (χ1v) is 11.8. The highest BCUT2D eigenvalue weighted by atomic mass is 35.5. The number of nitrogens with zero attached hydrogens (tertiary/aromatic N) is 2. The zero-order chi connectivity index (χ0) is 23.5. The van der Waals surface area contributed by atoms with E-state index in [0.29, 0.717) is 11.6 Å². The van der Waals surface area contributed by atoms with Crippen LogP contribution in [0.15, 0.2) is 79.0 Å². The molecule has 0 aliphatic carbocycles. The number of carbonyl (C=O) groups excluding carboxylic acids is 1. The maximum atomic E-state index is 13.7. The largest absolute Gasteiger partial charge is 0.467 e. The number of aromatic nitrogens is 2.